The van der Waals surface area contributed by atoms with Crippen molar-refractivity contribution in [2.45, 2.75) is 39.0 Å². The van der Waals surface area contributed by atoms with Gasteiger partial charge in [-0.1, -0.05) is 40.9 Å². The quantitative estimate of drug-likeness (QED) is 0.575. The van der Waals surface area contributed by atoms with Gasteiger partial charge in [-0.2, -0.15) is 0 Å². The molecule has 5 nitrogen and oxygen atoms in total. The number of nitrogens with zero attached hydrogens (tertiary/aromatic N) is 1. The van der Waals surface area contributed by atoms with Crippen molar-refractivity contribution < 1.29 is 17.9 Å². The third kappa shape index (κ3) is 5.61. The van der Waals surface area contributed by atoms with Crippen LogP contribution >= 0.6 is 34.8 Å². The van der Waals surface area contributed by atoms with E-state index in [4.69, 9.17) is 39.5 Å². The number of carbonyl (C=O) groups is 1. The molecule has 0 radical (unpaired) electrons. The molecular weight excluding hydrogens is 469 g/mol. The van der Waals surface area contributed by atoms with Crippen LogP contribution in [0, 0.1) is 6.92 Å². The summed E-state index contributed by atoms with van der Waals surface area (Å²) in [4.78, 5) is 14.8. The summed E-state index contributed by atoms with van der Waals surface area (Å²) in [6, 6.07) is 9.75. The van der Waals surface area contributed by atoms with Gasteiger partial charge in [0.05, 0.1) is 11.5 Å². The third-order valence-corrected chi connectivity index (χ3v) is 7.84. The van der Waals surface area contributed by atoms with Crippen LogP contribution in [0.25, 0.3) is 0 Å². The Kier molecular flexibility index (Phi) is 7.23. The van der Waals surface area contributed by atoms with Gasteiger partial charge in [0.25, 0.3) is 5.91 Å². The van der Waals surface area contributed by atoms with Crippen LogP contribution in [0.3, 0.4) is 0 Å². The number of halogens is 3. The van der Waals surface area contributed by atoms with E-state index in [9.17, 15) is 13.2 Å². The smallest absolute Gasteiger partial charge is 0.263 e. The summed E-state index contributed by atoms with van der Waals surface area (Å²) in [5.74, 6) is 0.190. The van der Waals surface area contributed by atoms with E-state index in [0.717, 1.165) is 5.56 Å². The van der Waals surface area contributed by atoms with Crippen LogP contribution < -0.4 is 4.74 Å². The minimum atomic E-state index is -3.18. The van der Waals surface area contributed by atoms with Gasteiger partial charge >= 0.3 is 0 Å². The van der Waals surface area contributed by atoms with Crippen molar-refractivity contribution >= 4 is 50.5 Å². The van der Waals surface area contributed by atoms with Gasteiger partial charge in [0.2, 0.25) is 0 Å². The van der Waals surface area contributed by atoms with Gasteiger partial charge < -0.3 is 9.64 Å². The zero-order chi connectivity index (χ0) is 22.1. The molecule has 0 saturated carbocycles. The molecule has 1 heterocycles. The predicted molar refractivity (Wildman–Crippen MR) is 120 cm³/mol. The lowest BCUT2D eigenvalue weighted by molar-refractivity contribution is -0.140. The first-order valence-electron chi connectivity index (χ1n) is 9.43. The molecule has 3 rings (SSSR count). The topological polar surface area (TPSA) is 63.7 Å². The van der Waals surface area contributed by atoms with E-state index in [0.29, 0.717) is 32.8 Å². The lowest BCUT2D eigenvalue weighted by atomic mass is 10.1. The number of sulfone groups is 1. The maximum atomic E-state index is 13.3. The highest BCUT2D eigenvalue weighted by Crippen LogP contribution is 2.27. The molecule has 1 aliphatic rings. The van der Waals surface area contributed by atoms with Crippen molar-refractivity contribution in [3.05, 3.63) is 62.6 Å². The molecule has 0 aromatic heterocycles. The van der Waals surface area contributed by atoms with E-state index >= 15 is 0 Å². The SMILES string of the molecule is Cc1cc(OC(C)C(=O)N(Cc2ccc(Cl)cc2Cl)C2CCS(=O)(=O)C2)ccc1Cl. The van der Waals surface area contributed by atoms with E-state index in [1.54, 1.807) is 48.2 Å². The second-order valence-electron chi connectivity index (χ2n) is 7.43. The molecule has 1 saturated heterocycles. The van der Waals surface area contributed by atoms with Gasteiger partial charge in [-0.3, -0.25) is 4.79 Å². The van der Waals surface area contributed by atoms with Crippen LogP contribution in [-0.4, -0.2) is 42.9 Å². The minimum Gasteiger partial charge on any atom is -0.481 e. The van der Waals surface area contributed by atoms with Crippen molar-refractivity contribution in [2.75, 3.05) is 11.5 Å². The Labute approximate surface area is 191 Å². The summed E-state index contributed by atoms with van der Waals surface area (Å²) in [7, 11) is -3.18. The summed E-state index contributed by atoms with van der Waals surface area (Å²) in [5, 5.41) is 1.51. The third-order valence-electron chi connectivity index (χ3n) is 5.08. The molecule has 2 unspecified atom stereocenters. The summed E-state index contributed by atoms with van der Waals surface area (Å²) >= 11 is 18.3. The molecule has 1 fully saturated rings. The van der Waals surface area contributed by atoms with Crippen LogP contribution in [0.4, 0.5) is 0 Å². The van der Waals surface area contributed by atoms with Gasteiger partial charge in [-0.15, -0.1) is 0 Å². The highest BCUT2D eigenvalue weighted by atomic mass is 35.5. The lowest BCUT2D eigenvalue weighted by Crippen LogP contribution is -2.46. The molecule has 2 aromatic carbocycles. The summed E-state index contributed by atoms with van der Waals surface area (Å²) < 4.78 is 29.9. The zero-order valence-corrected chi connectivity index (χ0v) is 19.7. The molecule has 162 valence electrons. The Morgan fingerprint density at radius 3 is 2.50 bits per heavy atom. The van der Waals surface area contributed by atoms with Crippen LogP contribution in [0.1, 0.15) is 24.5 Å². The van der Waals surface area contributed by atoms with Crippen LogP contribution in [-0.2, 0) is 21.2 Å². The average molecular weight is 491 g/mol. The average Bonchev–Trinajstić information content (AvgIpc) is 3.03. The van der Waals surface area contributed by atoms with Gasteiger partial charge in [-0.05, 0) is 61.7 Å². The highest BCUT2D eigenvalue weighted by Gasteiger charge is 2.37. The molecular formula is C21H22Cl3NO4S. The Hall–Kier alpha value is -1.47. The predicted octanol–water partition coefficient (Wildman–Crippen LogP) is 4.94. The van der Waals surface area contributed by atoms with Crippen molar-refractivity contribution in [3.63, 3.8) is 0 Å². The molecule has 9 heteroatoms. The lowest BCUT2D eigenvalue weighted by Gasteiger charge is -2.31. The summed E-state index contributed by atoms with van der Waals surface area (Å²) in [5.41, 5.74) is 1.52. The number of carbonyl (C=O) groups excluding carboxylic acids is 1. The summed E-state index contributed by atoms with van der Waals surface area (Å²) in [6.45, 7) is 3.66. The first-order valence-corrected chi connectivity index (χ1v) is 12.4. The number of benzene rings is 2. The first-order chi connectivity index (χ1) is 14.1. The molecule has 1 amide bonds. The Bertz CT molecular complexity index is 1060. The molecule has 1 aliphatic heterocycles. The number of aryl methyl sites for hydroxylation is 1. The molecule has 0 bridgehead atoms. The van der Waals surface area contributed by atoms with E-state index in [1.807, 2.05) is 6.92 Å². The number of ether oxygens (including phenoxy) is 1. The number of rotatable bonds is 6. The van der Waals surface area contributed by atoms with E-state index in [2.05, 4.69) is 0 Å². The fraction of sp³-hybridized carbons (Fsp3) is 0.381. The Morgan fingerprint density at radius 2 is 1.90 bits per heavy atom. The second-order valence-corrected chi connectivity index (χ2v) is 10.9. The highest BCUT2D eigenvalue weighted by molar-refractivity contribution is 7.91. The van der Waals surface area contributed by atoms with Crippen LogP contribution in [0.2, 0.25) is 15.1 Å². The number of amides is 1. The molecule has 2 aromatic rings. The van der Waals surface area contributed by atoms with Gasteiger partial charge in [0.15, 0.2) is 15.9 Å². The number of hydrogen-bond acceptors (Lipinski definition) is 4. The molecule has 30 heavy (non-hydrogen) atoms. The van der Waals surface area contributed by atoms with Crippen molar-refractivity contribution in [1.82, 2.24) is 4.90 Å². The fourth-order valence-corrected chi connectivity index (χ4v) is 5.74. The number of hydrogen-bond donors (Lipinski definition) is 0. The van der Waals surface area contributed by atoms with Crippen molar-refractivity contribution in [3.8, 4) is 5.75 Å². The van der Waals surface area contributed by atoms with Crippen molar-refractivity contribution in [1.29, 1.82) is 0 Å². The van der Waals surface area contributed by atoms with Gasteiger partial charge in [0.1, 0.15) is 5.75 Å². The normalized spacial score (nSPS) is 18.8. The standard InChI is InChI=1S/C21H22Cl3NO4S/c1-13-9-18(5-6-19(13)23)29-14(2)21(26)25(17-7-8-30(27,28)12-17)11-15-3-4-16(22)10-20(15)24/h3-6,9-10,14,17H,7-8,11-12H2,1-2H3. The Balaban J connectivity index is 1.84. The van der Waals surface area contributed by atoms with Gasteiger partial charge in [0, 0.05) is 27.7 Å². The first kappa shape index (κ1) is 23.2. The fourth-order valence-electron chi connectivity index (χ4n) is 3.42. The molecule has 0 spiro atoms. The molecule has 2 atom stereocenters. The minimum absolute atomic E-state index is 0.0570. The summed E-state index contributed by atoms with van der Waals surface area (Å²) in [6.07, 6.45) is -0.438. The largest absolute Gasteiger partial charge is 0.481 e. The van der Waals surface area contributed by atoms with Crippen LogP contribution in [0.5, 0.6) is 5.75 Å². The Morgan fingerprint density at radius 1 is 1.17 bits per heavy atom. The maximum Gasteiger partial charge on any atom is 0.263 e. The monoisotopic (exact) mass is 489 g/mol. The van der Waals surface area contributed by atoms with Crippen molar-refractivity contribution in [2.24, 2.45) is 0 Å². The van der Waals surface area contributed by atoms with E-state index in [1.165, 1.54) is 0 Å². The van der Waals surface area contributed by atoms with Gasteiger partial charge in [-0.25, -0.2) is 8.42 Å². The van der Waals surface area contributed by atoms with E-state index < -0.39 is 22.0 Å². The maximum absolute atomic E-state index is 13.3. The van der Waals surface area contributed by atoms with Crippen LogP contribution in [0.15, 0.2) is 36.4 Å². The molecule has 0 N–H and O–H groups in total. The zero-order valence-electron chi connectivity index (χ0n) is 16.6. The second kappa shape index (κ2) is 9.35. The van der Waals surface area contributed by atoms with E-state index in [-0.39, 0.29) is 24.0 Å². The molecule has 0 aliphatic carbocycles.